The van der Waals surface area contributed by atoms with Gasteiger partial charge in [-0.15, -0.1) is 0 Å². The molecule has 3 aromatic rings. The van der Waals surface area contributed by atoms with Gasteiger partial charge in [0.15, 0.2) is 0 Å². The Morgan fingerprint density at radius 2 is 1.73 bits per heavy atom. The standard InChI is InChI=1S/C32H37F3N4O5/c1-20-16-39(21(2)19-40)30(41)27-15-25(37-31(42)36-24-9-12-26(43-4)13-10-24)11-14-28(27)44-29(20)18-38(3)17-22-5-7-23(8-6-22)32(33,34)35/h5-15,20-21,29,40H,16-19H2,1-4H3,(H2,36,37,42)/t20-,21-,29-/m1/s1. The van der Waals surface area contributed by atoms with Gasteiger partial charge in [-0.2, -0.15) is 13.2 Å². The molecule has 3 aromatic carbocycles. The molecule has 3 atom stereocenters. The molecule has 0 unspecified atom stereocenters. The number of aliphatic hydroxyl groups excluding tert-OH is 1. The van der Waals surface area contributed by atoms with Crippen LogP contribution >= 0.6 is 0 Å². The van der Waals surface area contributed by atoms with Gasteiger partial charge in [0.05, 0.1) is 30.9 Å². The Morgan fingerprint density at radius 1 is 1.09 bits per heavy atom. The smallest absolute Gasteiger partial charge is 0.416 e. The summed E-state index contributed by atoms with van der Waals surface area (Å²) in [4.78, 5) is 29.9. The Balaban J connectivity index is 1.52. The maximum atomic E-state index is 13.7. The number of benzene rings is 3. The van der Waals surface area contributed by atoms with E-state index >= 15 is 0 Å². The summed E-state index contributed by atoms with van der Waals surface area (Å²) in [6, 6.07) is 15.7. The predicted molar refractivity (Wildman–Crippen MR) is 161 cm³/mol. The topological polar surface area (TPSA) is 103 Å². The molecule has 0 aliphatic carbocycles. The fourth-order valence-corrected chi connectivity index (χ4v) is 4.97. The molecule has 1 heterocycles. The highest BCUT2D eigenvalue weighted by Gasteiger charge is 2.34. The van der Waals surface area contributed by atoms with Crippen LogP contribution < -0.4 is 20.1 Å². The minimum Gasteiger partial charge on any atom is -0.497 e. The maximum absolute atomic E-state index is 13.7. The van der Waals surface area contributed by atoms with Crippen molar-refractivity contribution in [2.24, 2.45) is 5.92 Å². The highest BCUT2D eigenvalue weighted by atomic mass is 19.4. The molecule has 3 N–H and O–H groups in total. The normalized spacial score (nSPS) is 17.7. The van der Waals surface area contributed by atoms with Gasteiger partial charge in [-0.3, -0.25) is 9.69 Å². The van der Waals surface area contributed by atoms with E-state index < -0.39 is 29.9 Å². The molecule has 4 rings (SSSR count). The van der Waals surface area contributed by atoms with E-state index in [1.165, 1.54) is 12.1 Å². The first-order chi connectivity index (χ1) is 20.9. The van der Waals surface area contributed by atoms with E-state index in [-0.39, 0.29) is 24.0 Å². The summed E-state index contributed by atoms with van der Waals surface area (Å²) >= 11 is 0. The Labute approximate surface area is 254 Å². The number of fused-ring (bicyclic) bond motifs is 1. The molecule has 9 nitrogen and oxygen atoms in total. The van der Waals surface area contributed by atoms with E-state index in [1.807, 2.05) is 18.9 Å². The number of nitrogens with one attached hydrogen (secondary N) is 2. The van der Waals surface area contributed by atoms with Crippen molar-refractivity contribution in [3.63, 3.8) is 0 Å². The van der Waals surface area contributed by atoms with Crippen LogP contribution in [-0.4, -0.2) is 72.8 Å². The lowest BCUT2D eigenvalue weighted by Gasteiger charge is -2.38. The maximum Gasteiger partial charge on any atom is 0.416 e. The number of hydrogen-bond donors (Lipinski definition) is 3. The van der Waals surface area contributed by atoms with Crippen LogP contribution in [0.1, 0.15) is 35.3 Å². The van der Waals surface area contributed by atoms with Crippen molar-refractivity contribution in [2.75, 3.05) is 44.5 Å². The minimum absolute atomic E-state index is 0.149. The lowest BCUT2D eigenvalue weighted by Crippen LogP contribution is -2.49. The summed E-state index contributed by atoms with van der Waals surface area (Å²) in [6.07, 6.45) is -4.79. The van der Waals surface area contributed by atoms with E-state index in [9.17, 15) is 27.9 Å². The van der Waals surface area contributed by atoms with Gasteiger partial charge in [0.1, 0.15) is 17.6 Å². The number of urea groups is 1. The number of amides is 3. The van der Waals surface area contributed by atoms with E-state index in [0.29, 0.717) is 48.1 Å². The first-order valence-electron chi connectivity index (χ1n) is 14.2. The molecule has 3 amide bonds. The number of aliphatic hydroxyl groups is 1. The van der Waals surface area contributed by atoms with Crippen LogP contribution in [0.2, 0.25) is 0 Å². The van der Waals surface area contributed by atoms with Gasteiger partial charge in [0, 0.05) is 36.9 Å². The molecule has 236 valence electrons. The van der Waals surface area contributed by atoms with Crippen LogP contribution in [0, 0.1) is 5.92 Å². The van der Waals surface area contributed by atoms with Crippen molar-refractivity contribution in [1.82, 2.24) is 9.80 Å². The third-order valence-electron chi connectivity index (χ3n) is 7.50. The van der Waals surface area contributed by atoms with Gasteiger partial charge in [0.2, 0.25) is 0 Å². The lowest BCUT2D eigenvalue weighted by molar-refractivity contribution is -0.137. The molecule has 44 heavy (non-hydrogen) atoms. The summed E-state index contributed by atoms with van der Waals surface area (Å²) in [7, 11) is 3.40. The van der Waals surface area contributed by atoms with Gasteiger partial charge in [-0.25, -0.2) is 4.79 Å². The average Bonchev–Trinajstić information content (AvgIpc) is 2.99. The zero-order chi connectivity index (χ0) is 32.0. The Bertz CT molecular complexity index is 1430. The van der Waals surface area contributed by atoms with Crippen LogP contribution in [0.15, 0.2) is 66.7 Å². The highest BCUT2D eigenvalue weighted by Crippen LogP contribution is 2.32. The summed E-state index contributed by atoms with van der Waals surface area (Å²) < 4.78 is 50.4. The minimum atomic E-state index is -4.40. The van der Waals surface area contributed by atoms with Gasteiger partial charge < -0.3 is 30.1 Å². The largest absolute Gasteiger partial charge is 0.497 e. The van der Waals surface area contributed by atoms with Crippen molar-refractivity contribution >= 4 is 23.3 Å². The molecule has 0 saturated heterocycles. The number of carbonyl (C=O) groups is 2. The molecular formula is C32H37F3N4O5. The third kappa shape index (κ3) is 8.20. The molecule has 0 saturated carbocycles. The Kier molecular flexibility index (Phi) is 10.4. The second kappa shape index (κ2) is 14.0. The van der Waals surface area contributed by atoms with Gasteiger partial charge in [-0.1, -0.05) is 19.1 Å². The van der Waals surface area contributed by atoms with Crippen molar-refractivity contribution in [3.05, 3.63) is 83.4 Å². The van der Waals surface area contributed by atoms with Crippen LogP contribution in [0.25, 0.3) is 0 Å². The first-order valence-corrected chi connectivity index (χ1v) is 14.2. The monoisotopic (exact) mass is 614 g/mol. The average molecular weight is 615 g/mol. The molecular weight excluding hydrogens is 577 g/mol. The number of likely N-dealkylation sites (N-methyl/N-ethyl adjacent to an activating group) is 1. The number of methoxy groups -OCH3 is 1. The van der Waals surface area contributed by atoms with Crippen molar-refractivity contribution in [2.45, 2.75) is 38.7 Å². The number of hydrogen-bond acceptors (Lipinski definition) is 6. The van der Waals surface area contributed by atoms with Crippen molar-refractivity contribution in [3.8, 4) is 11.5 Å². The molecule has 0 fully saturated rings. The summed E-state index contributed by atoms with van der Waals surface area (Å²) in [5.74, 6) is 0.482. The van der Waals surface area contributed by atoms with Crippen LogP contribution in [0.3, 0.4) is 0 Å². The molecule has 0 aromatic heterocycles. The van der Waals surface area contributed by atoms with Gasteiger partial charge in [-0.05, 0) is 74.1 Å². The number of ether oxygens (including phenoxy) is 2. The van der Waals surface area contributed by atoms with E-state index in [4.69, 9.17) is 9.47 Å². The third-order valence-corrected chi connectivity index (χ3v) is 7.50. The summed E-state index contributed by atoms with van der Waals surface area (Å²) in [6.45, 7) is 4.57. The molecule has 0 spiro atoms. The summed E-state index contributed by atoms with van der Waals surface area (Å²) in [5, 5.41) is 15.4. The summed E-state index contributed by atoms with van der Waals surface area (Å²) in [5.41, 5.74) is 1.16. The van der Waals surface area contributed by atoms with E-state index in [1.54, 1.807) is 61.4 Å². The van der Waals surface area contributed by atoms with E-state index in [2.05, 4.69) is 10.6 Å². The quantitative estimate of drug-likeness (QED) is 0.285. The van der Waals surface area contributed by atoms with Crippen molar-refractivity contribution < 1.29 is 37.3 Å². The fourth-order valence-electron chi connectivity index (χ4n) is 4.97. The molecule has 1 aliphatic heterocycles. The molecule has 1 aliphatic rings. The number of halogens is 3. The molecule has 0 radical (unpaired) electrons. The Hall–Kier alpha value is -4.29. The van der Waals surface area contributed by atoms with Crippen LogP contribution in [0.4, 0.5) is 29.3 Å². The SMILES string of the molecule is COc1ccc(NC(=O)Nc2ccc3c(c2)C(=O)N([C@H](C)CO)C[C@@H](C)[C@@H](CN(C)Cc2ccc(C(F)(F)F)cc2)O3)cc1. The highest BCUT2D eigenvalue weighted by molar-refractivity contribution is 6.02. The number of anilines is 2. The van der Waals surface area contributed by atoms with Crippen molar-refractivity contribution in [1.29, 1.82) is 0 Å². The zero-order valence-electron chi connectivity index (χ0n) is 25.0. The van der Waals surface area contributed by atoms with Crippen LogP contribution in [-0.2, 0) is 12.7 Å². The molecule has 12 heteroatoms. The fraction of sp³-hybridized carbons (Fsp3) is 0.375. The number of nitrogens with zero attached hydrogens (tertiary/aromatic N) is 2. The van der Waals surface area contributed by atoms with Crippen LogP contribution in [0.5, 0.6) is 11.5 Å². The lowest BCUT2D eigenvalue weighted by atomic mass is 9.99. The second-order valence-electron chi connectivity index (χ2n) is 11.0. The second-order valence-corrected chi connectivity index (χ2v) is 11.0. The van der Waals surface area contributed by atoms with Gasteiger partial charge >= 0.3 is 12.2 Å². The first kappa shape index (κ1) is 32.6. The predicted octanol–water partition coefficient (Wildman–Crippen LogP) is 5.71. The zero-order valence-corrected chi connectivity index (χ0v) is 25.0. The van der Waals surface area contributed by atoms with Gasteiger partial charge in [0.25, 0.3) is 5.91 Å². The number of carbonyl (C=O) groups excluding carboxylic acids is 2. The number of alkyl halides is 3. The Morgan fingerprint density at radius 3 is 2.34 bits per heavy atom. The number of rotatable bonds is 9. The van der Waals surface area contributed by atoms with E-state index in [0.717, 1.165) is 12.1 Å². The molecule has 0 bridgehead atoms.